The monoisotopic (exact) mass is 305 g/mol. The molecule has 2 rings (SSSR count). The van der Waals surface area contributed by atoms with Gasteiger partial charge >= 0.3 is 0 Å². The first-order valence-electron chi connectivity index (χ1n) is 6.82. The first-order valence-corrected chi connectivity index (χ1v) is 8.30. The van der Waals surface area contributed by atoms with E-state index in [1.54, 1.807) is 25.4 Å². The van der Waals surface area contributed by atoms with Crippen molar-refractivity contribution in [1.82, 2.24) is 4.98 Å². The molecule has 0 unspecified atom stereocenters. The number of benzene rings is 1. The van der Waals surface area contributed by atoms with Crippen LogP contribution in [0.4, 0.5) is 11.5 Å². The van der Waals surface area contributed by atoms with Gasteiger partial charge in [-0.15, -0.1) is 0 Å². The number of nitrogens with zero attached hydrogens (tertiary/aromatic N) is 1. The molecule has 0 radical (unpaired) electrons. The Balaban J connectivity index is 2.38. The van der Waals surface area contributed by atoms with Crippen molar-refractivity contribution in [3.63, 3.8) is 0 Å². The minimum Gasteiger partial charge on any atom is -0.372 e. The SMILES string of the molecule is CCCc1ccccc1NS(=O)(=O)c1cccnc1NC. The van der Waals surface area contributed by atoms with Crippen molar-refractivity contribution < 1.29 is 8.42 Å². The minimum atomic E-state index is -3.67. The molecule has 2 N–H and O–H groups in total. The summed E-state index contributed by atoms with van der Waals surface area (Å²) in [6, 6.07) is 10.6. The Kier molecular flexibility index (Phi) is 4.80. The van der Waals surface area contributed by atoms with E-state index in [4.69, 9.17) is 0 Å². The number of sulfonamides is 1. The van der Waals surface area contributed by atoms with Gasteiger partial charge in [0.05, 0.1) is 5.69 Å². The molecule has 0 bridgehead atoms. The summed E-state index contributed by atoms with van der Waals surface area (Å²) in [5.41, 5.74) is 1.60. The quantitative estimate of drug-likeness (QED) is 0.861. The summed E-state index contributed by atoms with van der Waals surface area (Å²) in [6.45, 7) is 2.06. The van der Waals surface area contributed by atoms with E-state index in [1.165, 1.54) is 6.07 Å². The van der Waals surface area contributed by atoms with Crippen molar-refractivity contribution in [2.24, 2.45) is 0 Å². The van der Waals surface area contributed by atoms with Gasteiger partial charge in [0.25, 0.3) is 10.0 Å². The fourth-order valence-corrected chi connectivity index (χ4v) is 3.37. The minimum absolute atomic E-state index is 0.138. The lowest BCUT2D eigenvalue weighted by atomic mass is 10.1. The van der Waals surface area contributed by atoms with Crippen molar-refractivity contribution in [1.29, 1.82) is 0 Å². The van der Waals surface area contributed by atoms with E-state index in [9.17, 15) is 8.42 Å². The highest BCUT2D eigenvalue weighted by molar-refractivity contribution is 7.92. The number of aromatic nitrogens is 1. The Morgan fingerprint density at radius 2 is 1.90 bits per heavy atom. The van der Waals surface area contributed by atoms with E-state index in [-0.39, 0.29) is 4.90 Å². The molecule has 2 aromatic rings. The Morgan fingerprint density at radius 1 is 1.14 bits per heavy atom. The van der Waals surface area contributed by atoms with Crippen LogP contribution in [0.2, 0.25) is 0 Å². The van der Waals surface area contributed by atoms with Gasteiger partial charge in [-0.25, -0.2) is 13.4 Å². The molecule has 0 saturated carbocycles. The number of hydrogen-bond acceptors (Lipinski definition) is 4. The van der Waals surface area contributed by atoms with Crippen LogP contribution in [0.25, 0.3) is 0 Å². The smallest absolute Gasteiger partial charge is 0.265 e. The van der Waals surface area contributed by atoms with Crippen LogP contribution in [-0.2, 0) is 16.4 Å². The van der Waals surface area contributed by atoms with Crippen LogP contribution in [0, 0.1) is 0 Å². The van der Waals surface area contributed by atoms with Gasteiger partial charge in [0.1, 0.15) is 10.7 Å². The van der Waals surface area contributed by atoms with E-state index in [0.717, 1.165) is 18.4 Å². The van der Waals surface area contributed by atoms with Crippen LogP contribution in [0.15, 0.2) is 47.5 Å². The zero-order valence-electron chi connectivity index (χ0n) is 12.1. The Morgan fingerprint density at radius 3 is 2.62 bits per heavy atom. The molecular weight excluding hydrogens is 286 g/mol. The van der Waals surface area contributed by atoms with E-state index in [0.29, 0.717) is 11.5 Å². The third-order valence-corrected chi connectivity index (χ3v) is 4.48. The van der Waals surface area contributed by atoms with Crippen LogP contribution >= 0.6 is 0 Å². The standard InChI is InChI=1S/C15H19N3O2S/c1-3-7-12-8-4-5-9-13(12)18-21(19,20)14-10-6-11-17-15(14)16-2/h4-6,8-11,18H,3,7H2,1-2H3,(H,16,17). The van der Waals surface area contributed by atoms with Gasteiger partial charge in [0.15, 0.2) is 0 Å². The molecule has 0 atom stereocenters. The molecule has 1 aromatic carbocycles. The molecule has 0 aliphatic heterocycles. The molecule has 0 fully saturated rings. The third kappa shape index (κ3) is 3.52. The number of aryl methyl sites for hydroxylation is 1. The fourth-order valence-electron chi connectivity index (χ4n) is 2.10. The average molecular weight is 305 g/mol. The molecule has 1 aromatic heterocycles. The van der Waals surface area contributed by atoms with Crippen LogP contribution < -0.4 is 10.0 Å². The van der Waals surface area contributed by atoms with Gasteiger partial charge in [0.2, 0.25) is 0 Å². The Bertz CT molecular complexity index is 714. The summed E-state index contributed by atoms with van der Waals surface area (Å²) in [5.74, 6) is 0.331. The summed E-state index contributed by atoms with van der Waals surface area (Å²) in [4.78, 5) is 4.17. The van der Waals surface area contributed by atoms with E-state index in [1.807, 2.05) is 18.2 Å². The average Bonchev–Trinajstić information content (AvgIpc) is 2.49. The summed E-state index contributed by atoms with van der Waals surface area (Å²) >= 11 is 0. The first kappa shape index (κ1) is 15.3. The second-order valence-corrected chi connectivity index (χ2v) is 6.26. The molecule has 0 spiro atoms. The number of nitrogens with one attached hydrogen (secondary N) is 2. The first-order chi connectivity index (χ1) is 10.1. The van der Waals surface area contributed by atoms with Crippen molar-refractivity contribution in [2.75, 3.05) is 17.1 Å². The summed E-state index contributed by atoms with van der Waals surface area (Å²) in [5, 5.41) is 2.80. The number of hydrogen-bond donors (Lipinski definition) is 2. The van der Waals surface area contributed by atoms with Crippen molar-refractivity contribution >= 4 is 21.5 Å². The van der Waals surface area contributed by atoms with Gasteiger partial charge in [0, 0.05) is 13.2 Å². The molecule has 1 heterocycles. The number of rotatable bonds is 6. The Hall–Kier alpha value is -2.08. The Labute approximate surface area is 125 Å². The van der Waals surface area contributed by atoms with Crippen molar-refractivity contribution in [3.8, 4) is 0 Å². The highest BCUT2D eigenvalue weighted by Gasteiger charge is 2.19. The molecule has 21 heavy (non-hydrogen) atoms. The normalized spacial score (nSPS) is 11.1. The van der Waals surface area contributed by atoms with Gasteiger partial charge in [-0.1, -0.05) is 31.5 Å². The lowest BCUT2D eigenvalue weighted by molar-refractivity contribution is 0.601. The van der Waals surface area contributed by atoms with E-state index >= 15 is 0 Å². The number of para-hydroxylation sites is 1. The fraction of sp³-hybridized carbons (Fsp3) is 0.267. The molecule has 0 amide bonds. The largest absolute Gasteiger partial charge is 0.372 e. The van der Waals surface area contributed by atoms with Gasteiger partial charge < -0.3 is 5.32 Å². The van der Waals surface area contributed by atoms with Crippen molar-refractivity contribution in [3.05, 3.63) is 48.2 Å². The summed E-state index contributed by atoms with van der Waals surface area (Å²) in [6.07, 6.45) is 3.33. The number of anilines is 2. The van der Waals surface area contributed by atoms with E-state index < -0.39 is 10.0 Å². The maximum Gasteiger partial charge on any atom is 0.265 e. The molecule has 0 aliphatic rings. The highest BCUT2D eigenvalue weighted by Crippen LogP contribution is 2.24. The maximum atomic E-state index is 12.5. The predicted octanol–water partition coefficient (Wildman–Crippen LogP) is 2.88. The third-order valence-electron chi connectivity index (χ3n) is 3.08. The zero-order valence-corrected chi connectivity index (χ0v) is 12.9. The van der Waals surface area contributed by atoms with E-state index in [2.05, 4.69) is 21.9 Å². The molecular formula is C15H19N3O2S. The maximum absolute atomic E-state index is 12.5. The van der Waals surface area contributed by atoms with Gasteiger partial charge in [-0.2, -0.15) is 0 Å². The lowest BCUT2D eigenvalue weighted by Crippen LogP contribution is -2.16. The molecule has 6 heteroatoms. The van der Waals surface area contributed by atoms with Crippen LogP contribution in [-0.4, -0.2) is 20.4 Å². The van der Waals surface area contributed by atoms with Crippen LogP contribution in [0.5, 0.6) is 0 Å². The highest BCUT2D eigenvalue weighted by atomic mass is 32.2. The topological polar surface area (TPSA) is 71.1 Å². The second kappa shape index (κ2) is 6.58. The second-order valence-electron chi connectivity index (χ2n) is 4.61. The number of pyridine rings is 1. The molecule has 0 saturated heterocycles. The van der Waals surface area contributed by atoms with Crippen molar-refractivity contribution in [2.45, 2.75) is 24.7 Å². The molecule has 112 valence electrons. The molecule has 0 aliphatic carbocycles. The molecule has 5 nitrogen and oxygen atoms in total. The summed E-state index contributed by atoms with van der Waals surface area (Å²) in [7, 11) is -2.03. The van der Waals surface area contributed by atoms with Gasteiger partial charge in [-0.05, 0) is 30.2 Å². The van der Waals surface area contributed by atoms with Crippen LogP contribution in [0.1, 0.15) is 18.9 Å². The zero-order chi connectivity index (χ0) is 15.3. The van der Waals surface area contributed by atoms with Gasteiger partial charge in [-0.3, -0.25) is 4.72 Å². The van der Waals surface area contributed by atoms with Crippen LogP contribution in [0.3, 0.4) is 0 Å². The predicted molar refractivity (Wildman–Crippen MR) is 85.0 cm³/mol. The summed E-state index contributed by atoms with van der Waals surface area (Å²) < 4.78 is 27.7. The lowest BCUT2D eigenvalue weighted by Gasteiger charge is -2.13.